The molecule has 2 aromatic rings. The SMILES string of the molecule is CCOc1ccc(NC2C(=O)Nc3ccc(C)cc32)cc1. The van der Waals surface area contributed by atoms with E-state index in [2.05, 4.69) is 10.6 Å². The Morgan fingerprint density at radius 1 is 1.19 bits per heavy atom. The van der Waals surface area contributed by atoms with Gasteiger partial charge in [0.05, 0.1) is 6.61 Å². The van der Waals surface area contributed by atoms with E-state index >= 15 is 0 Å². The monoisotopic (exact) mass is 282 g/mol. The first kappa shape index (κ1) is 13.5. The fourth-order valence-electron chi connectivity index (χ4n) is 2.50. The van der Waals surface area contributed by atoms with Gasteiger partial charge in [0, 0.05) is 16.9 Å². The predicted molar refractivity (Wildman–Crippen MR) is 83.8 cm³/mol. The number of carbonyl (C=O) groups is 1. The molecule has 2 aromatic carbocycles. The van der Waals surface area contributed by atoms with Gasteiger partial charge in [-0.15, -0.1) is 0 Å². The zero-order chi connectivity index (χ0) is 14.8. The lowest BCUT2D eigenvalue weighted by molar-refractivity contribution is -0.116. The van der Waals surface area contributed by atoms with E-state index in [1.54, 1.807) is 0 Å². The van der Waals surface area contributed by atoms with E-state index in [9.17, 15) is 4.79 Å². The molecule has 2 N–H and O–H groups in total. The Kier molecular flexibility index (Phi) is 3.52. The number of nitrogens with one attached hydrogen (secondary N) is 2. The summed E-state index contributed by atoms with van der Waals surface area (Å²) in [6.45, 7) is 4.62. The normalized spacial score (nSPS) is 16.3. The number of anilines is 2. The number of carbonyl (C=O) groups excluding carboxylic acids is 1. The van der Waals surface area contributed by atoms with Crippen LogP contribution in [0.25, 0.3) is 0 Å². The molecule has 0 bridgehead atoms. The Balaban J connectivity index is 1.82. The van der Waals surface area contributed by atoms with Gasteiger partial charge in [0.25, 0.3) is 5.91 Å². The van der Waals surface area contributed by atoms with Crippen LogP contribution >= 0.6 is 0 Å². The van der Waals surface area contributed by atoms with E-state index in [0.29, 0.717) is 6.61 Å². The minimum absolute atomic E-state index is 0.0236. The molecular formula is C17H18N2O2. The molecule has 4 heteroatoms. The molecule has 0 aromatic heterocycles. The van der Waals surface area contributed by atoms with Crippen LogP contribution in [-0.4, -0.2) is 12.5 Å². The first-order chi connectivity index (χ1) is 10.2. The van der Waals surface area contributed by atoms with Crippen LogP contribution in [0, 0.1) is 6.92 Å². The molecule has 0 aliphatic carbocycles. The van der Waals surface area contributed by atoms with Crippen LogP contribution in [0.15, 0.2) is 42.5 Å². The van der Waals surface area contributed by atoms with Crippen LogP contribution in [0.4, 0.5) is 11.4 Å². The summed E-state index contributed by atoms with van der Waals surface area (Å²) in [5.41, 5.74) is 3.92. The van der Waals surface area contributed by atoms with Crippen molar-refractivity contribution in [3.8, 4) is 5.75 Å². The van der Waals surface area contributed by atoms with Gasteiger partial charge in [0.2, 0.25) is 0 Å². The number of fused-ring (bicyclic) bond motifs is 1. The number of hydrogen-bond acceptors (Lipinski definition) is 3. The predicted octanol–water partition coefficient (Wildman–Crippen LogP) is 3.50. The van der Waals surface area contributed by atoms with Gasteiger partial charge in [0.1, 0.15) is 11.8 Å². The lowest BCUT2D eigenvalue weighted by Gasteiger charge is -2.14. The number of aryl methyl sites for hydroxylation is 1. The molecule has 1 aliphatic rings. The minimum atomic E-state index is -0.349. The van der Waals surface area contributed by atoms with Crippen molar-refractivity contribution in [3.63, 3.8) is 0 Å². The molecule has 1 atom stereocenters. The maximum Gasteiger partial charge on any atom is 0.251 e. The van der Waals surface area contributed by atoms with Gasteiger partial charge in [-0.05, 0) is 44.2 Å². The molecule has 0 radical (unpaired) electrons. The summed E-state index contributed by atoms with van der Waals surface area (Å²) in [7, 11) is 0. The number of rotatable bonds is 4. The summed E-state index contributed by atoms with van der Waals surface area (Å²) in [5, 5.41) is 6.18. The summed E-state index contributed by atoms with van der Waals surface area (Å²) in [5.74, 6) is 0.805. The molecule has 4 nitrogen and oxygen atoms in total. The highest BCUT2D eigenvalue weighted by atomic mass is 16.5. The van der Waals surface area contributed by atoms with Crippen LogP contribution in [-0.2, 0) is 4.79 Å². The van der Waals surface area contributed by atoms with Crippen LogP contribution in [0.1, 0.15) is 24.1 Å². The van der Waals surface area contributed by atoms with Gasteiger partial charge >= 0.3 is 0 Å². The molecule has 3 rings (SSSR count). The van der Waals surface area contributed by atoms with Gasteiger partial charge in [-0.2, -0.15) is 0 Å². The maximum absolute atomic E-state index is 12.1. The summed E-state index contributed by atoms with van der Waals surface area (Å²) in [6, 6.07) is 13.3. The molecule has 1 unspecified atom stereocenters. The zero-order valence-corrected chi connectivity index (χ0v) is 12.1. The number of ether oxygens (including phenoxy) is 1. The van der Waals surface area contributed by atoms with E-state index in [0.717, 1.165) is 28.3 Å². The average Bonchev–Trinajstić information content (AvgIpc) is 2.77. The maximum atomic E-state index is 12.1. The highest BCUT2D eigenvalue weighted by Crippen LogP contribution is 2.34. The third-order valence-electron chi connectivity index (χ3n) is 3.51. The largest absolute Gasteiger partial charge is 0.494 e. The van der Waals surface area contributed by atoms with Gasteiger partial charge < -0.3 is 15.4 Å². The van der Waals surface area contributed by atoms with Crippen molar-refractivity contribution in [2.45, 2.75) is 19.9 Å². The molecule has 1 amide bonds. The molecule has 0 spiro atoms. The Hall–Kier alpha value is -2.49. The standard InChI is InChI=1S/C17H18N2O2/c1-3-21-13-7-5-12(6-8-13)18-16-14-10-11(2)4-9-15(14)19-17(16)20/h4-10,16,18H,3H2,1-2H3,(H,19,20). The van der Waals surface area contributed by atoms with Crippen molar-refractivity contribution in [2.75, 3.05) is 17.2 Å². The van der Waals surface area contributed by atoms with Gasteiger partial charge in [-0.3, -0.25) is 4.79 Å². The Morgan fingerprint density at radius 3 is 2.67 bits per heavy atom. The lowest BCUT2D eigenvalue weighted by Crippen LogP contribution is -2.19. The summed E-state index contributed by atoms with van der Waals surface area (Å²) in [6.07, 6.45) is 0. The van der Waals surface area contributed by atoms with Crippen molar-refractivity contribution in [1.82, 2.24) is 0 Å². The van der Waals surface area contributed by atoms with Crippen LogP contribution < -0.4 is 15.4 Å². The number of hydrogen-bond donors (Lipinski definition) is 2. The summed E-state index contributed by atoms with van der Waals surface area (Å²) >= 11 is 0. The molecule has 0 saturated heterocycles. The Bertz CT molecular complexity index is 665. The second kappa shape index (κ2) is 5.48. The van der Waals surface area contributed by atoms with E-state index in [4.69, 9.17) is 4.74 Å². The smallest absolute Gasteiger partial charge is 0.251 e. The average molecular weight is 282 g/mol. The van der Waals surface area contributed by atoms with E-state index in [1.165, 1.54) is 0 Å². The fraction of sp³-hybridized carbons (Fsp3) is 0.235. The highest BCUT2D eigenvalue weighted by Gasteiger charge is 2.30. The number of benzene rings is 2. The lowest BCUT2D eigenvalue weighted by atomic mass is 10.1. The zero-order valence-electron chi connectivity index (χ0n) is 12.1. The Morgan fingerprint density at radius 2 is 1.95 bits per heavy atom. The van der Waals surface area contributed by atoms with E-state index < -0.39 is 0 Å². The third-order valence-corrected chi connectivity index (χ3v) is 3.51. The van der Waals surface area contributed by atoms with Gasteiger partial charge in [0.15, 0.2) is 0 Å². The fourth-order valence-corrected chi connectivity index (χ4v) is 2.50. The molecule has 0 saturated carbocycles. The van der Waals surface area contributed by atoms with Crippen molar-refractivity contribution in [2.24, 2.45) is 0 Å². The summed E-state index contributed by atoms with van der Waals surface area (Å²) < 4.78 is 5.42. The topological polar surface area (TPSA) is 50.4 Å². The number of amides is 1. The van der Waals surface area contributed by atoms with Crippen molar-refractivity contribution in [3.05, 3.63) is 53.6 Å². The van der Waals surface area contributed by atoms with Crippen LogP contribution in [0.5, 0.6) is 5.75 Å². The van der Waals surface area contributed by atoms with Crippen molar-refractivity contribution >= 4 is 17.3 Å². The van der Waals surface area contributed by atoms with E-state index in [-0.39, 0.29) is 11.9 Å². The highest BCUT2D eigenvalue weighted by molar-refractivity contribution is 6.04. The van der Waals surface area contributed by atoms with Crippen molar-refractivity contribution < 1.29 is 9.53 Å². The van der Waals surface area contributed by atoms with Gasteiger partial charge in [-0.25, -0.2) is 0 Å². The third kappa shape index (κ3) is 2.70. The first-order valence-corrected chi connectivity index (χ1v) is 7.08. The minimum Gasteiger partial charge on any atom is -0.494 e. The Labute approximate surface area is 124 Å². The summed E-state index contributed by atoms with van der Waals surface area (Å²) in [4.78, 5) is 12.1. The second-order valence-electron chi connectivity index (χ2n) is 5.11. The molecule has 21 heavy (non-hydrogen) atoms. The molecule has 1 heterocycles. The van der Waals surface area contributed by atoms with Gasteiger partial charge in [-0.1, -0.05) is 17.7 Å². The first-order valence-electron chi connectivity index (χ1n) is 7.08. The van der Waals surface area contributed by atoms with E-state index in [1.807, 2.05) is 56.3 Å². The molecule has 0 fully saturated rings. The quantitative estimate of drug-likeness (QED) is 0.902. The van der Waals surface area contributed by atoms with Crippen LogP contribution in [0.3, 0.4) is 0 Å². The van der Waals surface area contributed by atoms with Crippen LogP contribution in [0.2, 0.25) is 0 Å². The molecular weight excluding hydrogens is 264 g/mol. The van der Waals surface area contributed by atoms with Crippen molar-refractivity contribution in [1.29, 1.82) is 0 Å². The second-order valence-corrected chi connectivity index (χ2v) is 5.11. The molecule has 1 aliphatic heterocycles. The molecule has 108 valence electrons.